The molecule has 0 unspecified atom stereocenters. The molecule has 2 aromatic heterocycles. The molecule has 18 heavy (non-hydrogen) atoms. The molecule has 0 radical (unpaired) electrons. The number of nitrogen functional groups attached to an aromatic ring is 1. The Morgan fingerprint density at radius 1 is 1.56 bits per heavy atom. The predicted molar refractivity (Wildman–Crippen MR) is 69.6 cm³/mol. The molecule has 3 N–H and O–H groups in total. The Morgan fingerprint density at radius 2 is 2.28 bits per heavy atom. The number of carbonyl (C=O) groups is 1. The lowest BCUT2D eigenvalue weighted by Gasteiger charge is -2.06. The van der Waals surface area contributed by atoms with Crippen LogP contribution in [0.1, 0.15) is 16.2 Å². The summed E-state index contributed by atoms with van der Waals surface area (Å²) in [5.74, 6) is -0.0985. The minimum Gasteiger partial charge on any atom is -0.395 e. The topological polar surface area (TPSA) is 85.8 Å². The van der Waals surface area contributed by atoms with Crippen LogP contribution in [-0.4, -0.2) is 20.7 Å². The quantitative estimate of drug-likeness (QED) is 0.864. The van der Waals surface area contributed by atoms with Gasteiger partial charge in [-0.15, -0.1) is 0 Å². The fourth-order valence-electron chi connectivity index (χ4n) is 1.59. The molecule has 0 aliphatic carbocycles. The third-order valence-corrected chi connectivity index (χ3v) is 2.78. The molecule has 2 rings (SSSR count). The number of nitrogens with two attached hydrogens (primary N) is 1. The summed E-state index contributed by atoms with van der Waals surface area (Å²) in [6.45, 7) is 1.74. The highest BCUT2D eigenvalue weighted by atomic mass is 35.5. The van der Waals surface area contributed by atoms with Crippen molar-refractivity contribution in [1.82, 2.24) is 14.8 Å². The summed E-state index contributed by atoms with van der Waals surface area (Å²) >= 11 is 5.91. The van der Waals surface area contributed by atoms with E-state index in [0.717, 1.165) is 0 Å². The molecule has 0 spiro atoms. The molecule has 2 heterocycles. The van der Waals surface area contributed by atoms with Gasteiger partial charge in [-0.1, -0.05) is 11.6 Å². The zero-order valence-corrected chi connectivity index (χ0v) is 10.7. The van der Waals surface area contributed by atoms with Crippen LogP contribution in [0.5, 0.6) is 0 Å². The predicted octanol–water partition coefficient (Wildman–Crippen LogP) is 1.61. The van der Waals surface area contributed by atoms with Crippen LogP contribution in [0.2, 0.25) is 5.02 Å². The fraction of sp³-hybridized carbons (Fsp3) is 0.182. The Morgan fingerprint density at radius 3 is 2.83 bits per heavy atom. The first kappa shape index (κ1) is 12.4. The maximum atomic E-state index is 12.1. The van der Waals surface area contributed by atoms with Crippen molar-refractivity contribution in [2.75, 3.05) is 11.1 Å². The minimum atomic E-state index is -0.392. The van der Waals surface area contributed by atoms with Gasteiger partial charge in [0, 0.05) is 13.2 Å². The van der Waals surface area contributed by atoms with Crippen LogP contribution >= 0.6 is 11.6 Å². The first-order valence-corrected chi connectivity index (χ1v) is 5.59. The van der Waals surface area contributed by atoms with Crippen molar-refractivity contribution in [3.8, 4) is 0 Å². The summed E-state index contributed by atoms with van der Waals surface area (Å²) in [5.41, 5.74) is 7.04. The summed E-state index contributed by atoms with van der Waals surface area (Å²) in [5, 5.41) is 7.04. The maximum Gasteiger partial charge on any atom is 0.277 e. The van der Waals surface area contributed by atoms with Gasteiger partial charge in [0.25, 0.3) is 5.91 Å². The average Bonchev–Trinajstić information content (AvgIpc) is 2.56. The molecule has 0 saturated carbocycles. The standard InChI is InChI=1S/C11H12ClN5O/c1-6-8(13)9(17(2)16-6)11(18)15-10-7(12)4-3-5-14-10/h3-5H,13H2,1-2H3,(H,14,15,18). The summed E-state index contributed by atoms with van der Waals surface area (Å²) < 4.78 is 1.43. The van der Waals surface area contributed by atoms with Gasteiger partial charge in [-0.25, -0.2) is 4.98 Å². The van der Waals surface area contributed by atoms with Gasteiger partial charge in [0.15, 0.2) is 5.82 Å². The summed E-state index contributed by atoms with van der Waals surface area (Å²) in [6, 6.07) is 3.32. The third kappa shape index (κ3) is 2.14. The highest BCUT2D eigenvalue weighted by Crippen LogP contribution is 2.20. The largest absolute Gasteiger partial charge is 0.395 e. The molecule has 0 bridgehead atoms. The van der Waals surface area contributed by atoms with Crippen LogP contribution in [-0.2, 0) is 7.05 Å². The van der Waals surface area contributed by atoms with Gasteiger partial charge < -0.3 is 11.1 Å². The highest BCUT2D eigenvalue weighted by Gasteiger charge is 2.18. The molecule has 0 atom stereocenters. The van der Waals surface area contributed by atoms with E-state index in [4.69, 9.17) is 17.3 Å². The minimum absolute atomic E-state index is 0.286. The summed E-state index contributed by atoms with van der Waals surface area (Å²) in [7, 11) is 1.65. The number of halogens is 1. The molecule has 0 aliphatic heterocycles. The Hall–Kier alpha value is -2.08. The number of anilines is 2. The van der Waals surface area contributed by atoms with Crippen molar-refractivity contribution in [2.24, 2.45) is 7.05 Å². The fourth-order valence-corrected chi connectivity index (χ4v) is 1.76. The summed E-state index contributed by atoms with van der Waals surface area (Å²) in [4.78, 5) is 16.0. The number of carbonyl (C=O) groups excluding carboxylic acids is 1. The second-order valence-electron chi connectivity index (χ2n) is 3.76. The molecule has 0 aromatic carbocycles. The van der Waals surface area contributed by atoms with E-state index in [0.29, 0.717) is 22.2 Å². The molecule has 0 aliphatic rings. The highest BCUT2D eigenvalue weighted by molar-refractivity contribution is 6.33. The monoisotopic (exact) mass is 265 g/mol. The van der Waals surface area contributed by atoms with Crippen LogP contribution in [0.15, 0.2) is 18.3 Å². The Labute approximate surface area is 109 Å². The van der Waals surface area contributed by atoms with E-state index in [-0.39, 0.29) is 5.69 Å². The van der Waals surface area contributed by atoms with Gasteiger partial charge in [-0.2, -0.15) is 5.10 Å². The lowest BCUT2D eigenvalue weighted by molar-refractivity contribution is 0.101. The van der Waals surface area contributed by atoms with Crippen LogP contribution in [0.25, 0.3) is 0 Å². The number of amides is 1. The van der Waals surface area contributed by atoms with Crippen molar-refractivity contribution >= 4 is 29.0 Å². The Bertz CT molecular complexity index is 607. The molecule has 0 fully saturated rings. The zero-order chi connectivity index (χ0) is 13.3. The lowest BCUT2D eigenvalue weighted by atomic mass is 10.3. The van der Waals surface area contributed by atoms with E-state index in [1.54, 1.807) is 32.3 Å². The smallest absolute Gasteiger partial charge is 0.277 e. The molecule has 7 heteroatoms. The molecular weight excluding hydrogens is 254 g/mol. The van der Waals surface area contributed by atoms with E-state index in [2.05, 4.69) is 15.4 Å². The average molecular weight is 266 g/mol. The number of hydrogen-bond donors (Lipinski definition) is 2. The maximum absolute atomic E-state index is 12.1. The van der Waals surface area contributed by atoms with E-state index in [1.807, 2.05) is 0 Å². The van der Waals surface area contributed by atoms with Gasteiger partial charge in [0.05, 0.1) is 16.4 Å². The first-order chi connectivity index (χ1) is 8.50. The van der Waals surface area contributed by atoms with E-state index < -0.39 is 5.91 Å². The van der Waals surface area contributed by atoms with Gasteiger partial charge in [0.1, 0.15) is 5.69 Å². The second-order valence-corrected chi connectivity index (χ2v) is 4.17. The van der Waals surface area contributed by atoms with Crippen molar-refractivity contribution < 1.29 is 4.79 Å². The van der Waals surface area contributed by atoms with Crippen LogP contribution in [0.3, 0.4) is 0 Å². The Kier molecular flexibility index (Phi) is 3.20. The third-order valence-electron chi connectivity index (χ3n) is 2.47. The van der Waals surface area contributed by atoms with Crippen LogP contribution < -0.4 is 11.1 Å². The van der Waals surface area contributed by atoms with Gasteiger partial charge in [-0.3, -0.25) is 9.48 Å². The van der Waals surface area contributed by atoms with Crippen molar-refractivity contribution in [1.29, 1.82) is 0 Å². The van der Waals surface area contributed by atoms with E-state index >= 15 is 0 Å². The molecule has 94 valence electrons. The number of aromatic nitrogens is 3. The number of nitrogens with one attached hydrogen (secondary N) is 1. The van der Waals surface area contributed by atoms with Crippen LogP contribution in [0, 0.1) is 6.92 Å². The van der Waals surface area contributed by atoms with Crippen LogP contribution in [0.4, 0.5) is 11.5 Å². The van der Waals surface area contributed by atoms with Crippen molar-refractivity contribution in [2.45, 2.75) is 6.92 Å². The molecular formula is C11H12ClN5O. The Balaban J connectivity index is 2.31. The normalized spacial score (nSPS) is 10.4. The van der Waals surface area contributed by atoms with Crippen molar-refractivity contribution in [3.05, 3.63) is 34.7 Å². The number of rotatable bonds is 2. The lowest BCUT2D eigenvalue weighted by Crippen LogP contribution is -2.18. The first-order valence-electron chi connectivity index (χ1n) is 5.21. The number of aryl methyl sites for hydroxylation is 2. The SMILES string of the molecule is Cc1nn(C)c(C(=O)Nc2ncccc2Cl)c1N. The number of nitrogens with zero attached hydrogens (tertiary/aromatic N) is 3. The molecule has 0 saturated heterocycles. The van der Waals surface area contributed by atoms with E-state index in [1.165, 1.54) is 4.68 Å². The van der Waals surface area contributed by atoms with Gasteiger partial charge in [-0.05, 0) is 19.1 Å². The second kappa shape index (κ2) is 4.66. The zero-order valence-electron chi connectivity index (χ0n) is 9.94. The van der Waals surface area contributed by atoms with Gasteiger partial charge in [0.2, 0.25) is 0 Å². The van der Waals surface area contributed by atoms with E-state index in [9.17, 15) is 4.79 Å². The van der Waals surface area contributed by atoms with Crippen molar-refractivity contribution in [3.63, 3.8) is 0 Å². The number of hydrogen-bond acceptors (Lipinski definition) is 4. The number of pyridine rings is 1. The molecule has 2 aromatic rings. The summed E-state index contributed by atoms with van der Waals surface area (Å²) in [6.07, 6.45) is 1.54. The molecule has 6 nitrogen and oxygen atoms in total. The van der Waals surface area contributed by atoms with Gasteiger partial charge >= 0.3 is 0 Å². The molecule has 1 amide bonds.